The van der Waals surface area contributed by atoms with Crippen molar-refractivity contribution in [3.05, 3.63) is 0 Å². The molecule has 1 rings (SSSR count). The van der Waals surface area contributed by atoms with Crippen molar-refractivity contribution in [3.8, 4) is 0 Å². The maximum Gasteiger partial charge on any atom is 0.226 e. The summed E-state index contributed by atoms with van der Waals surface area (Å²) >= 11 is 0. The van der Waals surface area contributed by atoms with Gasteiger partial charge in [-0.1, -0.05) is 6.92 Å². The lowest BCUT2D eigenvalue weighted by molar-refractivity contribution is -0.134. The van der Waals surface area contributed by atoms with Crippen LogP contribution in [-0.4, -0.2) is 35.7 Å². The van der Waals surface area contributed by atoms with Gasteiger partial charge in [0, 0.05) is 5.41 Å². The van der Waals surface area contributed by atoms with Crippen molar-refractivity contribution in [1.29, 1.82) is 0 Å². The Hall–Kier alpha value is -0.610. The van der Waals surface area contributed by atoms with Crippen LogP contribution in [0.25, 0.3) is 0 Å². The maximum atomic E-state index is 12.2. The Morgan fingerprint density at radius 2 is 1.94 bits per heavy atom. The average Bonchev–Trinajstić information content (AvgIpc) is 2.18. The molecule has 4 nitrogen and oxygen atoms in total. The van der Waals surface area contributed by atoms with Crippen LogP contribution < -0.4 is 10.6 Å². The SMILES string of the molecule is CC(O)C(C)(C)NC(=O)C1(C)CCNCC1. The van der Waals surface area contributed by atoms with Gasteiger partial charge in [0.25, 0.3) is 0 Å². The summed E-state index contributed by atoms with van der Waals surface area (Å²) in [5.41, 5.74) is -0.859. The molecule has 1 unspecified atom stereocenters. The predicted molar refractivity (Wildman–Crippen MR) is 64.1 cm³/mol. The van der Waals surface area contributed by atoms with Gasteiger partial charge in [0.15, 0.2) is 0 Å². The van der Waals surface area contributed by atoms with Crippen LogP contribution in [0.15, 0.2) is 0 Å². The first-order valence-electron chi connectivity index (χ1n) is 5.99. The lowest BCUT2D eigenvalue weighted by Crippen LogP contribution is -2.56. The molecule has 16 heavy (non-hydrogen) atoms. The van der Waals surface area contributed by atoms with E-state index in [-0.39, 0.29) is 11.3 Å². The fraction of sp³-hybridized carbons (Fsp3) is 0.917. The summed E-state index contributed by atoms with van der Waals surface area (Å²) in [6.45, 7) is 9.17. The van der Waals surface area contributed by atoms with E-state index in [4.69, 9.17) is 0 Å². The number of carbonyl (C=O) groups excluding carboxylic acids is 1. The van der Waals surface area contributed by atoms with E-state index in [1.54, 1.807) is 6.92 Å². The number of rotatable bonds is 3. The molecular weight excluding hydrogens is 204 g/mol. The summed E-state index contributed by atoms with van der Waals surface area (Å²) in [4.78, 5) is 12.2. The molecule has 0 radical (unpaired) electrons. The lowest BCUT2D eigenvalue weighted by atomic mass is 9.79. The molecule has 1 aliphatic heterocycles. The highest BCUT2D eigenvalue weighted by Crippen LogP contribution is 2.29. The average molecular weight is 228 g/mol. The molecule has 0 aromatic rings. The quantitative estimate of drug-likeness (QED) is 0.665. The van der Waals surface area contributed by atoms with Crippen molar-refractivity contribution in [1.82, 2.24) is 10.6 Å². The molecule has 0 aromatic heterocycles. The van der Waals surface area contributed by atoms with E-state index in [9.17, 15) is 9.90 Å². The first-order chi connectivity index (χ1) is 7.28. The van der Waals surface area contributed by atoms with E-state index in [2.05, 4.69) is 10.6 Å². The van der Waals surface area contributed by atoms with E-state index in [0.29, 0.717) is 0 Å². The number of hydrogen-bond acceptors (Lipinski definition) is 3. The highest BCUT2D eigenvalue weighted by molar-refractivity contribution is 5.83. The zero-order chi connectivity index (χ0) is 12.4. The van der Waals surface area contributed by atoms with Crippen LogP contribution >= 0.6 is 0 Å². The molecule has 1 saturated heterocycles. The minimum absolute atomic E-state index is 0.0555. The maximum absolute atomic E-state index is 12.2. The molecule has 1 aliphatic rings. The van der Waals surface area contributed by atoms with E-state index in [1.807, 2.05) is 20.8 Å². The van der Waals surface area contributed by atoms with E-state index < -0.39 is 11.6 Å². The Labute approximate surface area is 97.8 Å². The van der Waals surface area contributed by atoms with Crippen LogP contribution in [0.3, 0.4) is 0 Å². The van der Waals surface area contributed by atoms with Gasteiger partial charge in [-0.3, -0.25) is 4.79 Å². The number of aliphatic hydroxyl groups excluding tert-OH is 1. The number of amides is 1. The molecule has 0 spiro atoms. The summed E-state index contributed by atoms with van der Waals surface area (Å²) in [5.74, 6) is 0.0555. The fourth-order valence-corrected chi connectivity index (χ4v) is 1.75. The lowest BCUT2D eigenvalue weighted by Gasteiger charge is -2.37. The molecule has 0 aromatic carbocycles. The molecule has 4 heteroatoms. The Morgan fingerprint density at radius 1 is 1.44 bits per heavy atom. The first kappa shape index (κ1) is 13.5. The number of aliphatic hydroxyl groups is 1. The molecule has 0 saturated carbocycles. The zero-order valence-corrected chi connectivity index (χ0v) is 10.8. The Balaban J connectivity index is 2.64. The van der Waals surface area contributed by atoms with Gasteiger partial charge in [-0.2, -0.15) is 0 Å². The van der Waals surface area contributed by atoms with Gasteiger partial charge < -0.3 is 15.7 Å². The summed E-state index contributed by atoms with van der Waals surface area (Å²) in [5, 5.41) is 15.8. The van der Waals surface area contributed by atoms with Gasteiger partial charge in [0.2, 0.25) is 5.91 Å². The fourth-order valence-electron chi connectivity index (χ4n) is 1.75. The second-order valence-electron chi connectivity index (χ2n) is 5.66. The highest BCUT2D eigenvalue weighted by atomic mass is 16.3. The molecular formula is C12H24N2O2. The van der Waals surface area contributed by atoms with E-state index in [0.717, 1.165) is 25.9 Å². The minimum Gasteiger partial charge on any atom is -0.391 e. The van der Waals surface area contributed by atoms with Crippen molar-refractivity contribution < 1.29 is 9.90 Å². The van der Waals surface area contributed by atoms with Crippen LogP contribution in [0.4, 0.5) is 0 Å². The smallest absolute Gasteiger partial charge is 0.226 e. The second kappa shape index (κ2) is 4.72. The van der Waals surface area contributed by atoms with Crippen LogP contribution in [0.1, 0.15) is 40.5 Å². The van der Waals surface area contributed by atoms with Crippen LogP contribution in [-0.2, 0) is 4.79 Å². The molecule has 0 aliphatic carbocycles. The zero-order valence-electron chi connectivity index (χ0n) is 10.8. The number of hydrogen-bond donors (Lipinski definition) is 3. The Morgan fingerprint density at radius 3 is 2.38 bits per heavy atom. The molecule has 1 heterocycles. The summed E-state index contributed by atoms with van der Waals surface area (Å²) in [6, 6.07) is 0. The number of carbonyl (C=O) groups is 1. The molecule has 1 amide bonds. The first-order valence-corrected chi connectivity index (χ1v) is 5.99. The third-order valence-electron chi connectivity index (χ3n) is 3.74. The summed E-state index contributed by atoms with van der Waals surface area (Å²) in [7, 11) is 0. The van der Waals surface area contributed by atoms with Crippen LogP contribution in [0.5, 0.6) is 0 Å². The monoisotopic (exact) mass is 228 g/mol. The third-order valence-corrected chi connectivity index (χ3v) is 3.74. The van der Waals surface area contributed by atoms with Gasteiger partial charge in [-0.05, 0) is 46.7 Å². The highest BCUT2D eigenvalue weighted by Gasteiger charge is 2.38. The normalized spacial score (nSPS) is 22.6. The number of piperidine rings is 1. The number of nitrogens with one attached hydrogen (secondary N) is 2. The van der Waals surface area contributed by atoms with Gasteiger partial charge in [0.05, 0.1) is 11.6 Å². The van der Waals surface area contributed by atoms with Crippen LogP contribution in [0.2, 0.25) is 0 Å². The second-order valence-corrected chi connectivity index (χ2v) is 5.66. The van der Waals surface area contributed by atoms with Crippen LogP contribution in [0, 0.1) is 5.41 Å². The topological polar surface area (TPSA) is 61.4 Å². The molecule has 1 atom stereocenters. The van der Waals surface area contributed by atoms with Gasteiger partial charge >= 0.3 is 0 Å². The van der Waals surface area contributed by atoms with E-state index in [1.165, 1.54) is 0 Å². The molecule has 94 valence electrons. The molecule has 3 N–H and O–H groups in total. The van der Waals surface area contributed by atoms with Gasteiger partial charge in [-0.25, -0.2) is 0 Å². The Bertz CT molecular complexity index is 256. The minimum atomic E-state index is -0.565. The predicted octanol–water partition coefficient (Wildman–Crippen LogP) is 0.652. The Kier molecular flexibility index (Phi) is 3.97. The molecule has 0 bridgehead atoms. The largest absolute Gasteiger partial charge is 0.391 e. The standard InChI is InChI=1S/C12H24N2O2/c1-9(15)11(2,3)14-10(16)12(4)5-7-13-8-6-12/h9,13,15H,5-8H2,1-4H3,(H,14,16). The third kappa shape index (κ3) is 2.95. The van der Waals surface area contributed by atoms with Crippen molar-refractivity contribution in [3.63, 3.8) is 0 Å². The van der Waals surface area contributed by atoms with Crippen molar-refractivity contribution >= 4 is 5.91 Å². The van der Waals surface area contributed by atoms with Gasteiger partial charge in [0.1, 0.15) is 0 Å². The van der Waals surface area contributed by atoms with Crippen molar-refractivity contribution in [2.45, 2.75) is 52.2 Å². The van der Waals surface area contributed by atoms with Gasteiger partial charge in [-0.15, -0.1) is 0 Å². The molecule has 1 fully saturated rings. The van der Waals surface area contributed by atoms with E-state index >= 15 is 0 Å². The van der Waals surface area contributed by atoms with Crippen molar-refractivity contribution in [2.24, 2.45) is 5.41 Å². The summed E-state index contributed by atoms with van der Waals surface area (Å²) < 4.78 is 0. The summed E-state index contributed by atoms with van der Waals surface area (Å²) in [6.07, 6.45) is 1.16. The van der Waals surface area contributed by atoms with Crippen molar-refractivity contribution in [2.75, 3.05) is 13.1 Å².